The highest BCUT2D eigenvalue weighted by Gasteiger charge is 2.37. The van der Waals surface area contributed by atoms with Gasteiger partial charge in [0, 0.05) is 58.2 Å². The lowest BCUT2D eigenvalue weighted by Crippen LogP contribution is -2.24. The van der Waals surface area contributed by atoms with Gasteiger partial charge < -0.3 is 4.98 Å². The summed E-state index contributed by atoms with van der Waals surface area (Å²) in [7, 11) is 0. The monoisotopic (exact) mass is 527 g/mol. The molecule has 0 atom stereocenters. The number of nitrogens with one attached hydrogen (secondary N) is 2. The Morgan fingerprint density at radius 1 is 1.08 bits per heavy atom. The van der Waals surface area contributed by atoms with Gasteiger partial charge >= 0.3 is 0 Å². The molecule has 1 aromatic carbocycles. The van der Waals surface area contributed by atoms with Crippen LogP contribution >= 0.6 is 11.3 Å². The molecule has 190 valence electrons. The van der Waals surface area contributed by atoms with E-state index < -0.39 is 5.92 Å². The lowest BCUT2D eigenvalue weighted by molar-refractivity contribution is 0.0115. The average Bonchev–Trinajstić information content (AvgIpc) is 3.69. The van der Waals surface area contributed by atoms with Gasteiger partial charge in [-0.1, -0.05) is 12.1 Å². The number of rotatable bonds is 5. The first kappa shape index (κ1) is 23.1. The fraction of sp³-hybridized carbons (Fsp3) is 0.214. The van der Waals surface area contributed by atoms with Gasteiger partial charge in [-0.15, -0.1) is 11.3 Å². The number of hydrogen-bond acceptors (Lipinski definition) is 6. The fourth-order valence-electron chi connectivity index (χ4n) is 5.09. The van der Waals surface area contributed by atoms with E-state index in [0.29, 0.717) is 24.6 Å². The van der Waals surface area contributed by atoms with Crippen molar-refractivity contribution in [2.75, 3.05) is 13.1 Å². The number of hydrogen-bond donors (Lipinski definition) is 2. The van der Waals surface area contributed by atoms with Gasteiger partial charge in [0.2, 0.25) is 0 Å². The molecule has 1 saturated heterocycles. The molecule has 0 amide bonds. The molecule has 0 aliphatic carbocycles. The van der Waals surface area contributed by atoms with Crippen LogP contribution in [0.3, 0.4) is 0 Å². The van der Waals surface area contributed by atoms with Crippen LogP contribution in [0, 0.1) is 6.92 Å². The fourth-order valence-corrected chi connectivity index (χ4v) is 5.99. The van der Waals surface area contributed by atoms with E-state index in [1.165, 1.54) is 9.75 Å². The summed E-state index contributed by atoms with van der Waals surface area (Å²) in [5, 5.41) is 8.50. The molecule has 7 rings (SSSR count). The number of halogens is 2. The number of benzene rings is 1. The Labute approximate surface area is 220 Å². The minimum Gasteiger partial charge on any atom is -0.337 e. The van der Waals surface area contributed by atoms with Crippen LogP contribution in [0.2, 0.25) is 0 Å². The maximum atomic E-state index is 13.6. The maximum Gasteiger partial charge on any atom is 0.261 e. The lowest BCUT2D eigenvalue weighted by atomic mass is 10.1. The number of H-pyrrole nitrogens is 2. The van der Waals surface area contributed by atoms with Gasteiger partial charge in [0.25, 0.3) is 5.92 Å². The normalized spacial score (nSPS) is 15.7. The van der Waals surface area contributed by atoms with E-state index in [1.807, 2.05) is 24.3 Å². The molecule has 0 bridgehead atoms. The summed E-state index contributed by atoms with van der Waals surface area (Å²) in [5.74, 6) is -1.94. The van der Waals surface area contributed by atoms with Crippen LogP contribution in [-0.4, -0.2) is 54.0 Å². The highest BCUT2D eigenvalue weighted by molar-refractivity contribution is 7.15. The second kappa shape index (κ2) is 8.78. The molecule has 38 heavy (non-hydrogen) atoms. The summed E-state index contributed by atoms with van der Waals surface area (Å²) in [6, 6.07) is 14.3. The Hall–Kier alpha value is -4.02. The molecule has 6 heterocycles. The van der Waals surface area contributed by atoms with Gasteiger partial charge in [-0.25, -0.2) is 13.8 Å². The van der Waals surface area contributed by atoms with E-state index in [2.05, 4.69) is 50.3 Å². The molecule has 1 fully saturated rings. The van der Waals surface area contributed by atoms with Gasteiger partial charge in [0.15, 0.2) is 5.82 Å². The first-order valence-electron chi connectivity index (χ1n) is 12.4. The summed E-state index contributed by atoms with van der Waals surface area (Å²) in [6.07, 6.45) is 5.12. The van der Waals surface area contributed by atoms with Crippen molar-refractivity contribution in [2.24, 2.45) is 0 Å². The Morgan fingerprint density at radius 3 is 2.82 bits per heavy atom. The van der Waals surface area contributed by atoms with Gasteiger partial charge in [0.1, 0.15) is 5.69 Å². The van der Waals surface area contributed by atoms with Gasteiger partial charge in [-0.3, -0.25) is 20.0 Å². The number of alkyl halides is 2. The molecule has 6 aromatic rings. The Kier molecular flexibility index (Phi) is 5.34. The molecule has 0 saturated carbocycles. The highest BCUT2D eigenvalue weighted by atomic mass is 32.1. The average molecular weight is 528 g/mol. The third-order valence-electron chi connectivity index (χ3n) is 6.94. The predicted molar refractivity (Wildman–Crippen MR) is 145 cm³/mol. The van der Waals surface area contributed by atoms with E-state index >= 15 is 0 Å². The molecule has 10 heteroatoms. The molecular weight excluding hydrogens is 504 g/mol. The van der Waals surface area contributed by atoms with Crippen molar-refractivity contribution in [3.05, 3.63) is 71.5 Å². The van der Waals surface area contributed by atoms with Crippen LogP contribution in [0.15, 0.2) is 61.1 Å². The van der Waals surface area contributed by atoms with Crippen molar-refractivity contribution in [3.8, 4) is 33.2 Å². The molecule has 0 radical (unpaired) electrons. The predicted octanol–water partition coefficient (Wildman–Crippen LogP) is 6.44. The molecule has 0 spiro atoms. The first-order valence-corrected chi connectivity index (χ1v) is 13.2. The minimum absolute atomic E-state index is 0.0993. The molecule has 1 aliphatic heterocycles. The quantitative estimate of drug-likeness (QED) is 0.269. The molecule has 0 unspecified atom stereocenters. The SMILES string of the molecule is Cc1ccc(-c2cccc3[nH]c(-c4n[nH]c5cnc(-c6cncc(CN7CCC(F)(F)C7)c6)cc45)nc23)s1. The van der Waals surface area contributed by atoms with Crippen molar-refractivity contribution in [2.45, 2.75) is 25.8 Å². The molecule has 1 aliphatic rings. The summed E-state index contributed by atoms with van der Waals surface area (Å²) in [5.41, 5.74) is 6.86. The van der Waals surface area contributed by atoms with Crippen molar-refractivity contribution in [3.63, 3.8) is 0 Å². The third kappa shape index (κ3) is 4.15. The third-order valence-corrected chi connectivity index (χ3v) is 7.97. The molecule has 7 nitrogen and oxygen atoms in total. The zero-order valence-electron chi connectivity index (χ0n) is 20.5. The number of aryl methyl sites for hydroxylation is 1. The number of pyridine rings is 2. The van der Waals surface area contributed by atoms with Crippen LogP contribution in [0.5, 0.6) is 0 Å². The van der Waals surface area contributed by atoms with Crippen LogP contribution in [0.25, 0.3) is 55.2 Å². The lowest BCUT2D eigenvalue weighted by Gasteiger charge is -2.15. The second-order valence-electron chi connectivity index (χ2n) is 9.78. The van der Waals surface area contributed by atoms with Crippen LogP contribution < -0.4 is 0 Å². The number of fused-ring (bicyclic) bond motifs is 2. The first-order chi connectivity index (χ1) is 18.4. The largest absolute Gasteiger partial charge is 0.337 e. The van der Waals surface area contributed by atoms with Crippen molar-refractivity contribution in [1.82, 2.24) is 35.0 Å². The summed E-state index contributed by atoms with van der Waals surface area (Å²) in [6.45, 7) is 2.69. The molecular formula is C28H23F2N7S. The summed E-state index contributed by atoms with van der Waals surface area (Å²) < 4.78 is 27.3. The van der Waals surface area contributed by atoms with E-state index in [1.54, 1.807) is 34.8 Å². The van der Waals surface area contributed by atoms with Gasteiger partial charge in [0.05, 0.1) is 35.0 Å². The van der Waals surface area contributed by atoms with Crippen molar-refractivity contribution >= 4 is 33.3 Å². The Bertz CT molecular complexity index is 1800. The maximum absolute atomic E-state index is 13.6. The Morgan fingerprint density at radius 2 is 2.00 bits per heavy atom. The second-order valence-corrected chi connectivity index (χ2v) is 11.1. The Balaban J connectivity index is 1.24. The van der Waals surface area contributed by atoms with Crippen LogP contribution in [0.1, 0.15) is 16.9 Å². The topological polar surface area (TPSA) is 86.4 Å². The zero-order chi connectivity index (χ0) is 25.9. The number of thiophene rings is 1. The number of aromatic nitrogens is 6. The van der Waals surface area contributed by atoms with Gasteiger partial charge in [-0.2, -0.15) is 5.10 Å². The van der Waals surface area contributed by atoms with E-state index in [4.69, 9.17) is 4.98 Å². The number of para-hydroxylation sites is 1. The summed E-state index contributed by atoms with van der Waals surface area (Å²) >= 11 is 1.75. The van der Waals surface area contributed by atoms with Crippen LogP contribution in [0.4, 0.5) is 8.78 Å². The number of imidazole rings is 1. The standard InChI is InChI=1S/C28H23F2N7S/c1-16-5-6-24(38-16)19-3-2-4-21-25(19)34-27(33-21)26-20-10-22(32-13-23(20)35-36-26)18-9-17(11-31-12-18)14-37-8-7-28(29,30)15-37/h2-6,9-13H,7-8,14-15H2,1H3,(H,33,34)(H,35,36). The highest BCUT2D eigenvalue weighted by Crippen LogP contribution is 2.35. The van der Waals surface area contributed by atoms with E-state index in [0.717, 1.165) is 44.3 Å². The summed E-state index contributed by atoms with van der Waals surface area (Å²) in [4.78, 5) is 21.5. The minimum atomic E-state index is -2.62. The van der Waals surface area contributed by atoms with Crippen molar-refractivity contribution in [1.29, 1.82) is 0 Å². The zero-order valence-corrected chi connectivity index (χ0v) is 21.3. The number of aromatic amines is 2. The van der Waals surface area contributed by atoms with Crippen LogP contribution in [-0.2, 0) is 6.54 Å². The van der Waals surface area contributed by atoms with E-state index in [-0.39, 0.29) is 13.0 Å². The van der Waals surface area contributed by atoms with Crippen molar-refractivity contribution < 1.29 is 8.78 Å². The smallest absolute Gasteiger partial charge is 0.261 e. The van der Waals surface area contributed by atoms with E-state index in [9.17, 15) is 8.78 Å². The number of nitrogens with zero attached hydrogens (tertiary/aromatic N) is 5. The van der Waals surface area contributed by atoms with Gasteiger partial charge in [-0.05, 0) is 42.8 Å². The molecule has 5 aromatic heterocycles. The number of likely N-dealkylation sites (tertiary alicyclic amines) is 1. The molecule has 2 N–H and O–H groups in total.